The first kappa shape index (κ1) is 17.2. The zero-order valence-electron chi connectivity index (χ0n) is 14.1. The van der Waals surface area contributed by atoms with E-state index in [9.17, 15) is 9.18 Å². The maximum atomic E-state index is 13.0. The third-order valence-electron chi connectivity index (χ3n) is 4.02. The van der Waals surface area contributed by atoms with E-state index in [2.05, 4.69) is 57.3 Å². The molecule has 0 aliphatic rings. The van der Waals surface area contributed by atoms with Gasteiger partial charge in [0.25, 0.3) is 5.91 Å². The van der Waals surface area contributed by atoms with Gasteiger partial charge in [-0.25, -0.2) is 4.39 Å². The highest BCUT2D eigenvalue weighted by Crippen LogP contribution is 2.24. The Labute approximate surface area is 137 Å². The van der Waals surface area contributed by atoms with E-state index in [0.29, 0.717) is 11.5 Å². The van der Waals surface area contributed by atoms with Crippen molar-refractivity contribution < 1.29 is 9.18 Å². The van der Waals surface area contributed by atoms with Crippen molar-refractivity contribution in [2.45, 2.75) is 39.7 Å². The molecule has 122 valence electrons. The Bertz CT molecular complexity index is 644. The van der Waals surface area contributed by atoms with E-state index in [1.165, 1.54) is 29.8 Å². The number of carbonyl (C=O) groups is 1. The molecule has 1 amide bonds. The lowest BCUT2D eigenvalue weighted by atomic mass is 9.93. The Morgan fingerprint density at radius 3 is 1.87 bits per heavy atom. The molecule has 0 saturated heterocycles. The normalized spacial score (nSPS) is 12.5. The molecule has 0 aliphatic carbocycles. The highest BCUT2D eigenvalue weighted by atomic mass is 19.1. The monoisotopic (exact) mass is 313 g/mol. The molecule has 2 rings (SSSR count). The summed E-state index contributed by atoms with van der Waals surface area (Å²) in [6.45, 7) is 8.47. The number of amides is 1. The van der Waals surface area contributed by atoms with E-state index < -0.39 is 0 Å². The molecule has 0 spiro atoms. The van der Waals surface area contributed by atoms with Gasteiger partial charge in [-0.15, -0.1) is 0 Å². The van der Waals surface area contributed by atoms with Crippen molar-refractivity contribution in [1.82, 2.24) is 5.32 Å². The van der Waals surface area contributed by atoms with Gasteiger partial charge in [-0.2, -0.15) is 0 Å². The number of halogens is 1. The molecule has 23 heavy (non-hydrogen) atoms. The quantitative estimate of drug-likeness (QED) is 0.819. The predicted octanol–water partition coefficient (Wildman–Crippen LogP) is 5.08. The van der Waals surface area contributed by atoms with Crippen LogP contribution in [0.15, 0.2) is 48.5 Å². The number of benzene rings is 2. The van der Waals surface area contributed by atoms with Gasteiger partial charge >= 0.3 is 0 Å². The van der Waals surface area contributed by atoms with Crippen molar-refractivity contribution in [3.05, 3.63) is 71.0 Å². The van der Waals surface area contributed by atoms with Gasteiger partial charge < -0.3 is 5.32 Å². The van der Waals surface area contributed by atoms with Crippen LogP contribution in [0.2, 0.25) is 0 Å². The van der Waals surface area contributed by atoms with Crippen LogP contribution in [-0.2, 0) is 0 Å². The van der Waals surface area contributed by atoms with E-state index >= 15 is 0 Å². The number of nitrogens with one attached hydrogen (secondary N) is 1. The molecule has 0 heterocycles. The maximum Gasteiger partial charge on any atom is 0.251 e. The summed E-state index contributed by atoms with van der Waals surface area (Å²) in [4.78, 5) is 12.4. The number of carbonyl (C=O) groups excluding carboxylic acids is 1. The molecule has 1 atom stereocenters. The van der Waals surface area contributed by atoms with Gasteiger partial charge in [-0.1, -0.05) is 52.0 Å². The highest BCUT2D eigenvalue weighted by Gasteiger charge is 2.19. The minimum atomic E-state index is -0.341. The molecule has 0 aliphatic heterocycles. The summed E-state index contributed by atoms with van der Waals surface area (Å²) in [5, 5.41) is 3.06. The summed E-state index contributed by atoms with van der Waals surface area (Å²) in [7, 11) is 0. The van der Waals surface area contributed by atoms with Crippen LogP contribution in [0.25, 0.3) is 0 Å². The second-order valence-electron chi connectivity index (χ2n) is 6.52. The fourth-order valence-corrected chi connectivity index (χ4v) is 2.55. The van der Waals surface area contributed by atoms with E-state index in [0.717, 1.165) is 5.56 Å². The molecule has 1 N–H and O–H groups in total. The Kier molecular flexibility index (Phi) is 5.54. The summed E-state index contributed by atoms with van der Waals surface area (Å²) < 4.78 is 13.0. The minimum absolute atomic E-state index is 0.0752. The molecular formula is C20H24FNO. The second-order valence-corrected chi connectivity index (χ2v) is 6.52. The van der Waals surface area contributed by atoms with Crippen LogP contribution in [0.4, 0.5) is 4.39 Å². The van der Waals surface area contributed by atoms with Gasteiger partial charge in [0.15, 0.2) is 0 Å². The van der Waals surface area contributed by atoms with Crippen LogP contribution in [0.5, 0.6) is 0 Å². The fourth-order valence-electron chi connectivity index (χ4n) is 2.55. The summed E-state index contributed by atoms with van der Waals surface area (Å²) in [6, 6.07) is 13.9. The fraction of sp³-hybridized carbons (Fsp3) is 0.350. The SMILES string of the molecule is CC(C)c1ccc([C@H](NC(=O)c2ccc(F)cc2)C(C)C)cc1. The Morgan fingerprint density at radius 1 is 0.870 bits per heavy atom. The van der Waals surface area contributed by atoms with Gasteiger partial charge in [-0.05, 0) is 47.2 Å². The third-order valence-corrected chi connectivity index (χ3v) is 4.02. The molecule has 2 aromatic carbocycles. The van der Waals surface area contributed by atoms with E-state index in [1.807, 2.05) is 0 Å². The van der Waals surface area contributed by atoms with Crippen molar-refractivity contribution >= 4 is 5.91 Å². The first-order chi connectivity index (χ1) is 10.9. The average molecular weight is 313 g/mol. The van der Waals surface area contributed by atoms with Gasteiger partial charge in [0.2, 0.25) is 0 Å². The molecule has 2 aromatic rings. The van der Waals surface area contributed by atoms with Crippen LogP contribution in [0.1, 0.15) is 61.1 Å². The van der Waals surface area contributed by atoms with E-state index in [1.54, 1.807) is 0 Å². The maximum absolute atomic E-state index is 13.0. The summed E-state index contributed by atoms with van der Waals surface area (Å²) >= 11 is 0. The van der Waals surface area contributed by atoms with Crippen LogP contribution in [-0.4, -0.2) is 5.91 Å². The largest absolute Gasteiger partial charge is 0.345 e. The first-order valence-electron chi connectivity index (χ1n) is 8.04. The van der Waals surface area contributed by atoms with Crippen LogP contribution in [0, 0.1) is 11.7 Å². The average Bonchev–Trinajstić information content (AvgIpc) is 2.53. The lowest BCUT2D eigenvalue weighted by Crippen LogP contribution is -2.31. The Hall–Kier alpha value is -2.16. The topological polar surface area (TPSA) is 29.1 Å². The summed E-state index contributed by atoms with van der Waals surface area (Å²) in [6.07, 6.45) is 0. The molecule has 0 bridgehead atoms. The second kappa shape index (κ2) is 7.40. The van der Waals surface area contributed by atoms with E-state index in [4.69, 9.17) is 0 Å². The molecule has 0 unspecified atom stereocenters. The lowest BCUT2D eigenvalue weighted by Gasteiger charge is -2.23. The number of rotatable bonds is 5. The van der Waals surface area contributed by atoms with Crippen molar-refractivity contribution in [3.8, 4) is 0 Å². The molecular weight excluding hydrogens is 289 g/mol. The minimum Gasteiger partial charge on any atom is -0.345 e. The molecule has 0 saturated carbocycles. The van der Waals surface area contributed by atoms with Crippen molar-refractivity contribution in [2.24, 2.45) is 5.92 Å². The van der Waals surface area contributed by atoms with Crippen molar-refractivity contribution in [1.29, 1.82) is 0 Å². The molecule has 0 aromatic heterocycles. The number of hydrogen-bond acceptors (Lipinski definition) is 1. The molecule has 2 nitrogen and oxygen atoms in total. The molecule has 0 fully saturated rings. The Balaban J connectivity index is 2.18. The van der Waals surface area contributed by atoms with Crippen LogP contribution in [0.3, 0.4) is 0 Å². The molecule has 0 radical (unpaired) electrons. The van der Waals surface area contributed by atoms with Gasteiger partial charge in [0, 0.05) is 5.56 Å². The highest BCUT2D eigenvalue weighted by molar-refractivity contribution is 5.94. The lowest BCUT2D eigenvalue weighted by molar-refractivity contribution is 0.0925. The molecule has 3 heteroatoms. The van der Waals surface area contributed by atoms with Gasteiger partial charge in [0.1, 0.15) is 5.82 Å². The zero-order valence-corrected chi connectivity index (χ0v) is 14.1. The standard InChI is InChI=1S/C20H24FNO/c1-13(2)15-5-7-16(8-6-15)19(14(3)4)22-20(23)17-9-11-18(21)12-10-17/h5-14,19H,1-4H3,(H,22,23)/t19-/m1/s1. The smallest absolute Gasteiger partial charge is 0.251 e. The Morgan fingerprint density at radius 2 is 1.39 bits per heavy atom. The number of hydrogen-bond donors (Lipinski definition) is 1. The van der Waals surface area contributed by atoms with E-state index in [-0.39, 0.29) is 23.7 Å². The van der Waals surface area contributed by atoms with Crippen molar-refractivity contribution in [3.63, 3.8) is 0 Å². The van der Waals surface area contributed by atoms with Crippen LogP contribution >= 0.6 is 0 Å². The predicted molar refractivity (Wildman–Crippen MR) is 92.0 cm³/mol. The van der Waals surface area contributed by atoms with Gasteiger partial charge in [0.05, 0.1) is 6.04 Å². The van der Waals surface area contributed by atoms with Crippen molar-refractivity contribution in [2.75, 3.05) is 0 Å². The van der Waals surface area contributed by atoms with Gasteiger partial charge in [-0.3, -0.25) is 4.79 Å². The third kappa shape index (κ3) is 4.41. The first-order valence-corrected chi connectivity index (χ1v) is 8.04. The summed E-state index contributed by atoms with van der Waals surface area (Å²) in [5.41, 5.74) is 2.83. The van der Waals surface area contributed by atoms with Crippen LogP contribution < -0.4 is 5.32 Å². The zero-order chi connectivity index (χ0) is 17.0. The summed E-state index contributed by atoms with van der Waals surface area (Å²) in [5.74, 6) is 0.211.